The first kappa shape index (κ1) is 54.3. The average molecular weight is 1030 g/mol. The van der Waals surface area contributed by atoms with Gasteiger partial charge in [-0.25, -0.2) is 0 Å². The molecule has 3 saturated carbocycles. The molecule has 4 aliphatic carbocycles. The van der Waals surface area contributed by atoms with Crippen LogP contribution in [-0.4, -0.2) is 216 Å². The lowest BCUT2D eigenvalue weighted by molar-refractivity contribution is -0.394. The highest BCUT2D eigenvalue weighted by Gasteiger charge is 2.76. The van der Waals surface area contributed by atoms with E-state index in [0.717, 1.165) is 44.9 Å². The predicted octanol–water partition coefficient (Wildman–Crippen LogP) is -0.792. The van der Waals surface area contributed by atoms with Crippen molar-refractivity contribution in [1.29, 1.82) is 0 Å². The van der Waals surface area contributed by atoms with Gasteiger partial charge in [-0.3, -0.25) is 0 Å². The van der Waals surface area contributed by atoms with E-state index >= 15 is 0 Å². The molecule has 0 radical (unpaired) electrons. The fraction of sp³-hybridized carbons (Fsp3) is 0.961. The Morgan fingerprint density at radius 3 is 1.81 bits per heavy atom. The molecule has 6 aliphatic heterocycles. The maximum Gasteiger partial charge on any atom is 0.187 e. The van der Waals surface area contributed by atoms with Gasteiger partial charge in [0.1, 0.15) is 85.0 Å². The second kappa shape index (κ2) is 20.0. The van der Waals surface area contributed by atoms with Gasteiger partial charge in [0.25, 0.3) is 0 Å². The number of rotatable bonds is 9. The Bertz CT molecular complexity index is 1940. The van der Waals surface area contributed by atoms with Crippen LogP contribution < -0.4 is 0 Å². The summed E-state index contributed by atoms with van der Waals surface area (Å²) in [4.78, 5) is 0. The van der Waals surface area contributed by atoms with Gasteiger partial charge in [0.15, 0.2) is 30.9 Å². The molecule has 31 atom stereocenters. The van der Waals surface area contributed by atoms with Gasteiger partial charge in [-0.2, -0.15) is 0 Å². The van der Waals surface area contributed by atoms with Crippen molar-refractivity contribution in [2.45, 2.75) is 253 Å². The van der Waals surface area contributed by atoms with Crippen molar-refractivity contribution in [3.05, 3.63) is 11.6 Å². The maximum atomic E-state index is 12.9. The molecule has 9 fully saturated rings. The standard InChI is InChI=1S/C51H82O21/c1-20-10-15-50(63-19-20)24(5)51(62)31(72-50)17-29-27-9-8-25-16-26(11-13-48(25,6)28(27)12-14-49(29,51)7)67-47-43(71-45-38(59)35(56)33(54)22(3)65-45)40(61)42(30(18-52)68-47)70-46-39(60)36(57)41(23(4)66-46)69-44-37(58)34(55)32(53)21(2)64-44/h8,20-24,26-47,52-62H,9-19H2,1-7H3. The monoisotopic (exact) mass is 1030 g/mol. The minimum Gasteiger partial charge on any atom is -0.394 e. The molecule has 0 aromatic carbocycles. The van der Waals surface area contributed by atoms with E-state index in [0.29, 0.717) is 37.2 Å². The Labute approximate surface area is 420 Å². The Kier molecular flexibility index (Phi) is 15.1. The number of aliphatic hydroxyl groups is 11. The van der Waals surface area contributed by atoms with Crippen molar-refractivity contribution in [3.8, 4) is 0 Å². The van der Waals surface area contributed by atoms with Crippen molar-refractivity contribution >= 4 is 0 Å². The summed E-state index contributed by atoms with van der Waals surface area (Å²) in [7, 11) is 0. The number of hydrogen-bond donors (Lipinski definition) is 11. The molecule has 0 aromatic heterocycles. The minimum atomic E-state index is -1.86. The van der Waals surface area contributed by atoms with Crippen molar-refractivity contribution in [2.24, 2.45) is 40.4 Å². The highest BCUT2D eigenvalue weighted by atomic mass is 16.8. The van der Waals surface area contributed by atoms with E-state index in [4.69, 9.17) is 47.4 Å². The molecular weight excluding hydrogens is 949 g/mol. The summed E-state index contributed by atoms with van der Waals surface area (Å²) in [5, 5.41) is 122. The third kappa shape index (κ3) is 8.63. The minimum absolute atomic E-state index is 0.151. The molecule has 10 aliphatic rings. The van der Waals surface area contributed by atoms with Crippen LogP contribution in [-0.2, 0) is 47.4 Å². The van der Waals surface area contributed by atoms with Gasteiger partial charge >= 0.3 is 0 Å². The van der Waals surface area contributed by atoms with Crippen LogP contribution in [0.1, 0.15) is 106 Å². The van der Waals surface area contributed by atoms with Gasteiger partial charge in [0.05, 0.1) is 43.7 Å². The zero-order valence-corrected chi connectivity index (χ0v) is 42.4. The Hall–Kier alpha value is -1.10. The Morgan fingerprint density at radius 2 is 1.19 bits per heavy atom. The van der Waals surface area contributed by atoms with Crippen molar-refractivity contribution in [1.82, 2.24) is 0 Å². The fourth-order valence-corrected chi connectivity index (χ4v) is 15.4. The van der Waals surface area contributed by atoms with Gasteiger partial charge in [0, 0.05) is 17.8 Å². The second-order valence-corrected chi connectivity index (χ2v) is 23.9. The van der Waals surface area contributed by atoms with Gasteiger partial charge in [-0.05, 0) is 101 Å². The predicted molar refractivity (Wildman–Crippen MR) is 245 cm³/mol. The zero-order chi connectivity index (χ0) is 51.7. The van der Waals surface area contributed by atoms with Crippen LogP contribution in [0.2, 0.25) is 0 Å². The quantitative estimate of drug-likeness (QED) is 0.126. The van der Waals surface area contributed by atoms with E-state index in [2.05, 4.69) is 33.8 Å². The van der Waals surface area contributed by atoms with Crippen LogP contribution in [0.5, 0.6) is 0 Å². The zero-order valence-electron chi connectivity index (χ0n) is 42.4. The van der Waals surface area contributed by atoms with Crippen LogP contribution in [0.4, 0.5) is 0 Å². The maximum absolute atomic E-state index is 12.9. The highest BCUT2D eigenvalue weighted by Crippen LogP contribution is 2.72. The van der Waals surface area contributed by atoms with Crippen LogP contribution in [0.15, 0.2) is 11.6 Å². The molecule has 1 spiro atoms. The summed E-state index contributed by atoms with van der Waals surface area (Å²) in [6, 6.07) is 0. The molecule has 0 bridgehead atoms. The van der Waals surface area contributed by atoms with E-state index in [1.165, 1.54) is 26.3 Å². The molecule has 6 saturated heterocycles. The van der Waals surface area contributed by atoms with Crippen LogP contribution in [0.3, 0.4) is 0 Å². The number of ether oxygens (including phenoxy) is 10. The highest BCUT2D eigenvalue weighted by molar-refractivity contribution is 5.29. The molecule has 10 rings (SSSR count). The Balaban J connectivity index is 0.842. The average Bonchev–Trinajstić information content (AvgIpc) is 3.71. The molecule has 21 nitrogen and oxygen atoms in total. The van der Waals surface area contributed by atoms with Crippen molar-refractivity contribution in [2.75, 3.05) is 13.2 Å². The first-order chi connectivity index (χ1) is 34.0. The van der Waals surface area contributed by atoms with E-state index in [9.17, 15) is 56.2 Å². The number of fused-ring (bicyclic) bond motifs is 7. The molecule has 21 heteroatoms. The summed E-state index contributed by atoms with van der Waals surface area (Å²) in [5.41, 5.74) is -0.230. The van der Waals surface area contributed by atoms with Crippen LogP contribution in [0.25, 0.3) is 0 Å². The normalized spacial score (nSPS) is 58.8. The number of hydrogen-bond acceptors (Lipinski definition) is 21. The van der Waals surface area contributed by atoms with E-state index in [1.807, 2.05) is 0 Å². The molecule has 6 heterocycles. The topological polar surface area (TPSA) is 315 Å². The van der Waals surface area contributed by atoms with Crippen molar-refractivity contribution < 1.29 is 104 Å². The summed E-state index contributed by atoms with van der Waals surface area (Å²) < 4.78 is 61.9. The number of aliphatic hydroxyl groups excluding tert-OH is 10. The van der Waals surface area contributed by atoms with E-state index in [1.54, 1.807) is 0 Å². The SMILES string of the molecule is CC1CCC2(OC1)OC1CC3C4CC=C5CC(OC6OC(CO)C(OC7OC(C)C(OC8OC(C)C(O)C(O)C8O)C(O)C7O)C(O)C6OC6OC(C)C(O)C(O)C6O)CCC5(C)C4CCC3(C)C1(O)C2C. The lowest BCUT2D eigenvalue weighted by Gasteiger charge is -2.60. The van der Waals surface area contributed by atoms with Gasteiger partial charge < -0.3 is 104 Å². The molecule has 72 heavy (non-hydrogen) atoms. The van der Waals surface area contributed by atoms with Gasteiger partial charge in [-0.1, -0.05) is 39.3 Å². The van der Waals surface area contributed by atoms with Gasteiger partial charge in [-0.15, -0.1) is 0 Å². The van der Waals surface area contributed by atoms with Crippen LogP contribution in [0, 0.1) is 40.4 Å². The third-order valence-electron chi connectivity index (χ3n) is 20.0. The molecule has 11 N–H and O–H groups in total. The summed E-state index contributed by atoms with van der Waals surface area (Å²) >= 11 is 0. The lowest BCUT2D eigenvalue weighted by Crippen LogP contribution is -2.67. The van der Waals surface area contributed by atoms with E-state index < -0.39 is 147 Å². The van der Waals surface area contributed by atoms with E-state index in [-0.39, 0.29) is 28.8 Å². The first-order valence-electron chi connectivity index (χ1n) is 26.7. The smallest absolute Gasteiger partial charge is 0.187 e. The molecular formula is C51H82O21. The van der Waals surface area contributed by atoms with Gasteiger partial charge in [0.2, 0.25) is 0 Å². The summed E-state index contributed by atoms with van der Waals surface area (Å²) in [5.74, 6) is 0.531. The molecule has 0 amide bonds. The fourth-order valence-electron chi connectivity index (χ4n) is 15.4. The van der Waals surface area contributed by atoms with Crippen molar-refractivity contribution in [3.63, 3.8) is 0 Å². The summed E-state index contributed by atoms with van der Waals surface area (Å²) in [6.07, 6.45) is -21.2. The Morgan fingerprint density at radius 1 is 0.597 bits per heavy atom. The lowest BCUT2D eigenvalue weighted by atomic mass is 9.46. The largest absolute Gasteiger partial charge is 0.394 e. The third-order valence-corrected chi connectivity index (χ3v) is 20.0. The molecule has 0 aromatic rings. The summed E-state index contributed by atoms with van der Waals surface area (Å²) in [6.45, 7) is 13.3. The van der Waals surface area contributed by atoms with Crippen LogP contribution >= 0.6 is 0 Å². The molecule has 412 valence electrons. The second-order valence-electron chi connectivity index (χ2n) is 23.9. The number of allylic oxidation sites excluding steroid dienone is 1. The first-order valence-corrected chi connectivity index (χ1v) is 26.7. The molecule has 31 unspecified atom stereocenters.